The van der Waals surface area contributed by atoms with E-state index in [0.29, 0.717) is 0 Å². The van der Waals surface area contributed by atoms with Gasteiger partial charge in [0.05, 0.1) is 0 Å². The Morgan fingerprint density at radius 1 is 1.24 bits per heavy atom. The smallest absolute Gasteiger partial charge is 0.262 e. The average molecular weight is 395 g/mol. The highest BCUT2D eigenvalue weighted by Gasteiger charge is 2.05. The van der Waals surface area contributed by atoms with Crippen molar-refractivity contribution < 1.29 is 9.53 Å². The van der Waals surface area contributed by atoms with Gasteiger partial charge < -0.3 is 10.1 Å². The summed E-state index contributed by atoms with van der Waals surface area (Å²) in [4.78, 5) is 11.9. The summed E-state index contributed by atoms with van der Waals surface area (Å²) in [5, 5.41) is 2.84. The average Bonchev–Trinajstić information content (AvgIpc) is 2.49. The number of amides is 1. The van der Waals surface area contributed by atoms with E-state index in [4.69, 9.17) is 4.74 Å². The first-order valence-electron chi connectivity index (χ1n) is 6.86. The molecule has 110 valence electrons. The van der Waals surface area contributed by atoms with Crippen molar-refractivity contribution in [1.29, 1.82) is 0 Å². The van der Waals surface area contributed by atoms with Gasteiger partial charge in [0, 0.05) is 9.26 Å². The van der Waals surface area contributed by atoms with E-state index in [9.17, 15) is 4.79 Å². The lowest BCUT2D eigenvalue weighted by atomic mass is 10.2. The summed E-state index contributed by atoms with van der Waals surface area (Å²) in [6.07, 6.45) is 0.950. The van der Waals surface area contributed by atoms with Crippen molar-refractivity contribution in [3.05, 3.63) is 57.2 Å². The van der Waals surface area contributed by atoms with Gasteiger partial charge in [0.25, 0.3) is 5.91 Å². The maximum atomic E-state index is 11.9. The number of benzene rings is 2. The summed E-state index contributed by atoms with van der Waals surface area (Å²) in [6.45, 7) is 4.14. The summed E-state index contributed by atoms with van der Waals surface area (Å²) < 4.78 is 6.65. The second-order valence-corrected chi connectivity index (χ2v) is 5.96. The predicted octanol–water partition coefficient (Wildman–Crippen LogP) is 4.18. The van der Waals surface area contributed by atoms with Crippen LogP contribution in [0.2, 0.25) is 0 Å². The fourth-order valence-corrected chi connectivity index (χ4v) is 2.39. The molecule has 0 saturated carbocycles. The molecule has 0 aliphatic rings. The van der Waals surface area contributed by atoms with Gasteiger partial charge in [0.2, 0.25) is 0 Å². The van der Waals surface area contributed by atoms with Crippen molar-refractivity contribution in [2.45, 2.75) is 20.3 Å². The number of halogens is 1. The molecule has 0 saturated heterocycles. The van der Waals surface area contributed by atoms with Crippen LogP contribution in [0.4, 0.5) is 5.69 Å². The first-order chi connectivity index (χ1) is 10.1. The van der Waals surface area contributed by atoms with Gasteiger partial charge in [0.1, 0.15) is 5.75 Å². The number of nitrogens with one attached hydrogen (secondary N) is 1. The number of carbonyl (C=O) groups is 1. The molecule has 0 spiro atoms. The molecule has 0 heterocycles. The second kappa shape index (κ2) is 7.45. The molecular weight excluding hydrogens is 377 g/mol. The topological polar surface area (TPSA) is 38.3 Å². The molecule has 3 nitrogen and oxygen atoms in total. The molecule has 2 rings (SSSR count). The van der Waals surface area contributed by atoms with Gasteiger partial charge >= 0.3 is 0 Å². The Hall–Kier alpha value is -1.56. The highest BCUT2D eigenvalue weighted by molar-refractivity contribution is 14.1. The molecule has 0 bridgehead atoms. The van der Waals surface area contributed by atoms with Crippen LogP contribution in [0.25, 0.3) is 0 Å². The van der Waals surface area contributed by atoms with Crippen molar-refractivity contribution in [3.8, 4) is 5.75 Å². The minimum atomic E-state index is -0.156. The van der Waals surface area contributed by atoms with E-state index in [1.165, 1.54) is 11.1 Å². The van der Waals surface area contributed by atoms with Crippen LogP contribution in [0, 0.1) is 10.5 Å². The second-order valence-electron chi connectivity index (χ2n) is 4.80. The lowest BCUT2D eigenvalue weighted by Gasteiger charge is -2.09. The van der Waals surface area contributed by atoms with E-state index >= 15 is 0 Å². The van der Waals surface area contributed by atoms with Crippen molar-refractivity contribution in [3.63, 3.8) is 0 Å². The minimum absolute atomic E-state index is 0.0115. The molecule has 0 radical (unpaired) electrons. The first kappa shape index (κ1) is 15.8. The fourth-order valence-electron chi connectivity index (χ4n) is 1.87. The normalized spacial score (nSPS) is 10.2. The van der Waals surface area contributed by atoms with Crippen LogP contribution in [-0.2, 0) is 11.2 Å². The van der Waals surface area contributed by atoms with E-state index in [-0.39, 0.29) is 12.5 Å². The number of rotatable bonds is 5. The van der Waals surface area contributed by atoms with Gasteiger partial charge in [-0.25, -0.2) is 0 Å². The summed E-state index contributed by atoms with van der Waals surface area (Å²) >= 11 is 2.25. The third-order valence-corrected chi connectivity index (χ3v) is 4.29. The lowest BCUT2D eigenvalue weighted by Crippen LogP contribution is -2.20. The number of hydrogen-bond donors (Lipinski definition) is 1. The number of anilines is 1. The standard InChI is InChI=1S/C17H18INO2/c1-3-13-5-4-6-15(9-13)21-11-17(20)19-14-8-7-12(2)16(18)10-14/h4-10H,3,11H2,1-2H3,(H,19,20). The zero-order chi connectivity index (χ0) is 15.2. The molecule has 4 heteroatoms. The van der Waals surface area contributed by atoms with Gasteiger partial charge in [-0.2, -0.15) is 0 Å². The van der Waals surface area contributed by atoms with E-state index in [1.54, 1.807) is 0 Å². The molecule has 21 heavy (non-hydrogen) atoms. The van der Waals surface area contributed by atoms with Crippen molar-refractivity contribution >= 4 is 34.2 Å². The molecule has 1 N–H and O–H groups in total. The summed E-state index contributed by atoms with van der Waals surface area (Å²) in [7, 11) is 0. The van der Waals surface area contributed by atoms with Gasteiger partial charge in [-0.1, -0.05) is 25.1 Å². The summed E-state index contributed by atoms with van der Waals surface area (Å²) in [5.74, 6) is 0.569. The predicted molar refractivity (Wildman–Crippen MR) is 93.8 cm³/mol. The van der Waals surface area contributed by atoms with E-state index < -0.39 is 0 Å². The van der Waals surface area contributed by atoms with E-state index in [1.807, 2.05) is 49.4 Å². The Bertz CT molecular complexity index is 640. The third-order valence-electron chi connectivity index (χ3n) is 3.13. The maximum absolute atomic E-state index is 11.9. The first-order valence-corrected chi connectivity index (χ1v) is 7.94. The van der Waals surface area contributed by atoms with Crippen LogP contribution in [-0.4, -0.2) is 12.5 Å². The molecule has 1 amide bonds. The largest absolute Gasteiger partial charge is 0.484 e. The Morgan fingerprint density at radius 2 is 2.05 bits per heavy atom. The van der Waals surface area contributed by atoms with Crippen molar-refractivity contribution in [1.82, 2.24) is 0 Å². The third kappa shape index (κ3) is 4.74. The number of ether oxygens (including phenoxy) is 1. The molecule has 2 aromatic carbocycles. The Morgan fingerprint density at radius 3 is 2.76 bits per heavy atom. The van der Waals surface area contributed by atoms with Crippen LogP contribution in [0.3, 0.4) is 0 Å². The number of aryl methyl sites for hydroxylation is 2. The monoisotopic (exact) mass is 395 g/mol. The summed E-state index contributed by atoms with van der Waals surface area (Å²) in [5.41, 5.74) is 3.18. The summed E-state index contributed by atoms with van der Waals surface area (Å²) in [6, 6.07) is 13.6. The van der Waals surface area contributed by atoms with Gasteiger partial charge in [0.15, 0.2) is 6.61 Å². The van der Waals surface area contributed by atoms with Crippen LogP contribution in [0.15, 0.2) is 42.5 Å². The van der Waals surface area contributed by atoms with Crippen LogP contribution < -0.4 is 10.1 Å². The van der Waals surface area contributed by atoms with Gasteiger partial charge in [-0.15, -0.1) is 0 Å². The highest BCUT2D eigenvalue weighted by atomic mass is 127. The van der Waals surface area contributed by atoms with E-state index in [2.05, 4.69) is 34.8 Å². The zero-order valence-electron chi connectivity index (χ0n) is 12.2. The Kier molecular flexibility index (Phi) is 5.61. The molecule has 0 aromatic heterocycles. The minimum Gasteiger partial charge on any atom is -0.484 e. The van der Waals surface area contributed by atoms with Crippen molar-refractivity contribution in [2.75, 3.05) is 11.9 Å². The number of carbonyl (C=O) groups excluding carboxylic acids is 1. The Balaban J connectivity index is 1.91. The molecule has 0 fully saturated rings. The SMILES string of the molecule is CCc1cccc(OCC(=O)Nc2ccc(C)c(I)c2)c1. The number of hydrogen-bond acceptors (Lipinski definition) is 2. The van der Waals surface area contributed by atoms with Gasteiger partial charge in [-0.05, 0) is 71.3 Å². The molecule has 0 aliphatic carbocycles. The lowest BCUT2D eigenvalue weighted by molar-refractivity contribution is -0.118. The highest BCUT2D eigenvalue weighted by Crippen LogP contribution is 2.17. The van der Waals surface area contributed by atoms with Gasteiger partial charge in [-0.3, -0.25) is 4.79 Å². The molecule has 0 atom stereocenters. The Labute approximate surface area is 138 Å². The molecule has 2 aromatic rings. The van der Waals surface area contributed by atoms with E-state index in [0.717, 1.165) is 21.4 Å². The zero-order valence-corrected chi connectivity index (χ0v) is 14.3. The van der Waals surface area contributed by atoms with Crippen LogP contribution in [0.5, 0.6) is 5.75 Å². The van der Waals surface area contributed by atoms with Crippen LogP contribution >= 0.6 is 22.6 Å². The fraction of sp³-hybridized carbons (Fsp3) is 0.235. The molecule has 0 aliphatic heterocycles. The van der Waals surface area contributed by atoms with Crippen LogP contribution in [0.1, 0.15) is 18.1 Å². The maximum Gasteiger partial charge on any atom is 0.262 e. The molecular formula is C17H18INO2. The van der Waals surface area contributed by atoms with Crippen molar-refractivity contribution in [2.24, 2.45) is 0 Å². The quantitative estimate of drug-likeness (QED) is 0.772. The molecule has 0 unspecified atom stereocenters.